The Bertz CT molecular complexity index is 1680. The van der Waals surface area contributed by atoms with Gasteiger partial charge in [-0.2, -0.15) is 10.4 Å². The maximum absolute atomic E-state index is 13.3. The number of para-hydroxylation sites is 1. The van der Waals surface area contributed by atoms with E-state index in [0.29, 0.717) is 0 Å². The van der Waals surface area contributed by atoms with Crippen molar-refractivity contribution < 1.29 is 19.4 Å². The van der Waals surface area contributed by atoms with Crippen LogP contribution in [-0.2, 0) is 4.79 Å². The molecule has 2 N–H and O–H groups in total. The number of benzene rings is 2. The van der Waals surface area contributed by atoms with Crippen molar-refractivity contribution in [3.05, 3.63) is 110 Å². The zero-order valence-corrected chi connectivity index (χ0v) is 19.6. The lowest BCUT2D eigenvalue weighted by Gasteiger charge is -2.13. The molecule has 0 aliphatic heterocycles. The number of carbonyl (C=O) groups is 2. The van der Waals surface area contributed by atoms with E-state index in [-0.39, 0.29) is 39.2 Å². The fourth-order valence-corrected chi connectivity index (χ4v) is 3.40. The lowest BCUT2D eigenvalue weighted by molar-refractivity contribution is -0.509. The molecule has 2 aromatic heterocycles. The van der Waals surface area contributed by atoms with Crippen molar-refractivity contribution in [1.82, 2.24) is 20.4 Å². The summed E-state index contributed by atoms with van der Waals surface area (Å²) >= 11 is 0. The molecule has 0 fully saturated rings. The minimum absolute atomic E-state index is 0.0380. The number of pyridine rings is 1. The van der Waals surface area contributed by atoms with Crippen LogP contribution in [0.2, 0.25) is 0 Å². The summed E-state index contributed by atoms with van der Waals surface area (Å²) < 4.78 is 0. The van der Waals surface area contributed by atoms with E-state index in [2.05, 4.69) is 30.8 Å². The maximum Gasteiger partial charge on any atom is 0.304 e. The third-order valence-electron chi connectivity index (χ3n) is 5.25. The highest BCUT2D eigenvalue weighted by Crippen LogP contribution is 2.23. The topological polar surface area (TPSA) is 219 Å². The zero-order valence-electron chi connectivity index (χ0n) is 19.6. The quantitative estimate of drug-likeness (QED) is 0.194. The number of non-ortho nitro benzene ring substituents is 1. The van der Waals surface area contributed by atoms with Crippen molar-refractivity contribution in [3.8, 4) is 6.07 Å². The second kappa shape index (κ2) is 11.3. The molecule has 2 amide bonds. The van der Waals surface area contributed by atoms with E-state index in [9.17, 15) is 35.1 Å². The smallest absolute Gasteiger partial charge is 0.304 e. The molecule has 0 saturated heterocycles. The number of carbonyl (C=O) groups excluding carboxylic acids is 2. The summed E-state index contributed by atoms with van der Waals surface area (Å²) in [7, 11) is 0. The normalized spacial score (nSPS) is 11.7. The number of nitro benzene ring substituents is 1. The molecule has 0 aliphatic rings. The van der Waals surface area contributed by atoms with Gasteiger partial charge in [0.1, 0.15) is 11.8 Å². The van der Waals surface area contributed by atoms with E-state index < -0.39 is 33.4 Å². The number of fused-ring (bicyclic) bond motifs is 1. The van der Waals surface area contributed by atoms with Crippen molar-refractivity contribution >= 4 is 39.9 Å². The number of hydrogen-bond acceptors (Lipinski definition) is 11. The molecule has 192 valence electrons. The Hall–Kier alpha value is -6.17. The summed E-state index contributed by atoms with van der Waals surface area (Å²) in [5.74, 6) is -1.90. The molecule has 0 bridgehead atoms. The third-order valence-corrected chi connectivity index (χ3v) is 5.25. The van der Waals surface area contributed by atoms with E-state index in [4.69, 9.17) is 0 Å². The number of nitrogens with one attached hydrogen (secondary N) is 2. The average molecular weight is 525 g/mol. The summed E-state index contributed by atoms with van der Waals surface area (Å²) in [6.07, 6.45) is 3.71. The fourth-order valence-electron chi connectivity index (χ4n) is 3.40. The van der Waals surface area contributed by atoms with Gasteiger partial charge in [-0.15, -0.1) is 0 Å². The first-order chi connectivity index (χ1) is 18.8. The number of hydrazone groups is 1. The van der Waals surface area contributed by atoms with Gasteiger partial charge in [-0.3, -0.25) is 39.8 Å². The minimum Gasteiger partial charge on any atom is -0.319 e. The lowest BCUT2D eigenvalue weighted by atomic mass is 10.1. The first-order valence-corrected chi connectivity index (χ1v) is 10.9. The monoisotopic (exact) mass is 525 g/mol. The van der Waals surface area contributed by atoms with Gasteiger partial charge in [0.15, 0.2) is 0 Å². The summed E-state index contributed by atoms with van der Waals surface area (Å²) in [6.45, 7) is 0. The van der Waals surface area contributed by atoms with Crippen molar-refractivity contribution in [2.24, 2.45) is 5.10 Å². The van der Waals surface area contributed by atoms with Gasteiger partial charge in [0, 0.05) is 35.0 Å². The van der Waals surface area contributed by atoms with Gasteiger partial charge in [0.05, 0.1) is 33.4 Å². The Kier molecular flexibility index (Phi) is 7.48. The molecule has 4 aromatic rings. The number of amides is 2. The predicted octanol–water partition coefficient (Wildman–Crippen LogP) is 2.55. The van der Waals surface area contributed by atoms with Crippen LogP contribution in [0.3, 0.4) is 0 Å². The van der Waals surface area contributed by atoms with Crippen LogP contribution in [0.25, 0.3) is 11.0 Å². The number of nitriles is 1. The van der Waals surface area contributed by atoms with Gasteiger partial charge in [0.2, 0.25) is 5.71 Å². The average Bonchev–Trinajstić information content (AvgIpc) is 2.94. The highest BCUT2D eigenvalue weighted by Gasteiger charge is 2.37. The minimum atomic E-state index is -2.06. The summed E-state index contributed by atoms with van der Waals surface area (Å²) in [5, 5.41) is 38.9. The summed E-state index contributed by atoms with van der Waals surface area (Å²) in [6, 6.07) is 12.1. The molecule has 4 rings (SSSR count). The van der Waals surface area contributed by atoms with Gasteiger partial charge in [-0.25, -0.2) is 10.4 Å². The van der Waals surface area contributed by atoms with E-state index in [1.807, 2.05) is 6.07 Å². The van der Waals surface area contributed by atoms with Crippen molar-refractivity contribution in [1.29, 1.82) is 5.26 Å². The Morgan fingerprint density at radius 2 is 1.77 bits per heavy atom. The van der Waals surface area contributed by atoms with Crippen LogP contribution in [-0.4, -0.2) is 42.3 Å². The van der Waals surface area contributed by atoms with Crippen LogP contribution in [0.5, 0.6) is 0 Å². The molecule has 15 heteroatoms. The lowest BCUT2D eigenvalue weighted by Crippen LogP contribution is -2.36. The van der Waals surface area contributed by atoms with Crippen LogP contribution < -0.4 is 10.7 Å². The summed E-state index contributed by atoms with van der Waals surface area (Å²) in [5.41, 5.74) is 1.01. The number of aromatic nitrogens is 3. The largest absolute Gasteiger partial charge is 0.319 e. The Balaban J connectivity index is 1.79. The van der Waals surface area contributed by atoms with Gasteiger partial charge in [-0.1, -0.05) is 12.1 Å². The third kappa shape index (κ3) is 5.81. The van der Waals surface area contributed by atoms with E-state index in [1.165, 1.54) is 54.9 Å². The van der Waals surface area contributed by atoms with Gasteiger partial charge >= 0.3 is 6.04 Å². The van der Waals surface area contributed by atoms with Crippen molar-refractivity contribution in [2.45, 2.75) is 6.04 Å². The molecule has 15 nitrogen and oxygen atoms in total. The van der Waals surface area contributed by atoms with Crippen LogP contribution in [0.1, 0.15) is 27.7 Å². The van der Waals surface area contributed by atoms with Crippen LogP contribution in [0.15, 0.2) is 78.3 Å². The molecule has 0 aliphatic carbocycles. The van der Waals surface area contributed by atoms with Crippen LogP contribution in [0.4, 0.5) is 11.4 Å². The van der Waals surface area contributed by atoms with Gasteiger partial charge in [0.25, 0.3) is 17.5 Å². The number of hydrogen-bond donors (Lipinski definition) is 2. The first-order valence-electron chi connectivity index (χ1n) is 10.9. The van der Waals surface area contributed by atoms with E-state index >= 15 is 0 Å². The Labute approximate surface area is 218 Å². The molecule has 0 spiro atoms. The van der Waals surface area contributed by atoms with Crippen LogP contribution in [0, 0.1) is 31.6 Å². The molecule has 0 saturated carbocycles. The SMILES string of the molecule is N#Cc1ccccc1NC(=O)/C(=N\NC(=O)c1ccncc1)C(c1cnc2ccc([N+](=O)[O-])cc2n1)[N+](=O)[O-]. The van der Waals surface area contributed by atoms with Crippen molar-refractivity contribution in [2.75, 3.05) is 5.32 Å². The molecule has 39 heavy (non-hydrogen) atoms. The standard InChI is InChI=1S/C24H15N9O6/c25-12-15-3-1-2-4-17(15)29-24(35)21(30-31-23(34)14-7-9-26-10-8-14)22(33(38)39)20-13-27-18-6-5-16(32(36)37)11-19(18)28-20/h1-11,13,22H,(H,29,35)(H,31,34)/b30-21-. The highest BCUT2D eigenvalue weighted by atomic mass is 16.6. The highest BCUT2D eigenvalue weighted by molar-refractivity contribution is 6.44. The molecule has 1 unspecified atom stereocenters. The second-order valence-electron chi connectivity index (χ2n) is 7.70. The first kappa shape index (κ1) is 25.9. The molecule has 1 atom stereocenters. The summed E-state index contributed by atoms with van der Waals surface area (Å²) in [4.78, 5) is 59.7. The second-order valence-corrected chi connectivity index (χ2v) is 7.70. The molecule has 2 heterocycles. The number of nitrogens with zero attached hydrogens (tertiary/aromatic N) is 7. The number of anilines is 1. The molecular weight excluding hydrogens is 510 g/mol. The molecule has 0 radical (unpaired) electrons. The Morgan fingerprint density at radius 1 is 1.03 bits per heavy atom. The number of rotatable bonds is 8. The zero-order chi connectivity index (χ0) is 27.9. The van der Waals surface area contributed by atoms with Gasteiger partial charge < -0.3 is 5.32 Å². The van der Waals surface area contributed by atoms with Crippen LogP contribution >= 0.6 is 0 Å². The van der Waals surface area contributed by atoms with Crippen molar-refractivity contribution in [3.63, 3.8) is 0 Å². The molecule has 2 aromatic carbocycles. The molecular formula is C24H15N9O6. The van der Waals surface area contributed by atoms with Gasteiger partial charge in [-0.05, 0) is 30.3 Å². The van der Waals surface area contributed by atoms with E-state index in [0.717, 1.165) is 12.3 Å². The van der Waals surface area contributed by atoms with E-state index in [1.54, 1.807) is 6.07 Å². The number of nitro groups is 2. The fraction of sp³-hybridized carbons (Fsp3) is 0.0417. The Morgan fingerprint density at radius 3 is 2.46 bits per heavy atom. The maximum atomic E-state index is 13.3. The predicted molar refractivity (Wildman–Crippen MR) is 135 cm³/mol.